The highest BCUT2D eigenvalue weighted by Gasteiger charge is 2.24. The van der Waals surface area contributed by atoms with E-state index in [0.29, 0.717) is 11.5 Å². The highest BCUT2D eigenvalue weighted by atomic mass is 79.9. The number of halogens is 1. The molecule has 0 spiro atoms. The van der Waals surface area contributed by atoms with Gasteiger partial charge in [0.05, 0.1) is 5.56 Å². The zero-order valence-electron chi connectivity index (χ0n) is 10.2. The Hall–Kier alpha value is -0.900. The molecule has 1 aliphatic rings. The molecule has 1 saturated heterocycles. The van der Waals surface area contributed by atoms with Gasteiger partial charge in [-0.3, -0.25) is 4.79 Å². The van der Waals surface area contributed by atoms with Crippen molar-refractivity contribution < 1.29 is 4.79 Å². The molecule has 92 valence electrons. The summed E-state index contributed by atoms with van der Waals surface area (Å²) >= 11 is 3.34. The van der Waals surface area contributed by atoms with Crippen molar-refractivity contribution in [3.8, 4) is 0 Å². The molecule has 2 heterocycles. The van der Waals surface area contributed by atoms with E-state index in [4.69, 9.17) is 0 Å². The van der Waals surface area contributed by atoms with Crippen molar-refractivity contribution in [2.75, 3.05) is 18.0 Å². The molecule has 2 rings (SSSR count). The summed E-state index contributed by atoms with van der Waals surface area (Å²) in [4.78, 5) is 17.7. The SMILES string of the molecule is CC1CCN(c2ncc(Br)cc2C=O)CC1C. The van der Waals surface area contributed by atoms with Crippen molar-refractivity contribution in [3.05, 3.63) is 22.3 Å². The number of anilines is 1. The molecule has 2 atom stereocenters. The fraction of sp³-hybridized carbons (Fsp3) is 0.538. The molecule has 4 heteroatoms. The van der Waals surface area contributed by atoms with Crippen molar-refractivity contribution in [2.45, 2.75) is 20.3 Å². The number of aromatic nitrogens is 1. The lowest BCUT2D eigenvalue weighted by Crippen LogP contribution is -2.39. The molecule has 1 aromatic rings. The average Bonchev–Trinajstić information content (AvgIpc) is 2.32. The van der Waals surface area contributed by atoms with Crippen LogP contribution in [0.2, 0.25) is 0 Å². The molecule has 2 unspecified atom stereocenters. The van der Waals surface area contributed by atoms with Gasteiger partial charge in [0.2, 0.25) is 0 Å². The van der Waals surface area contributed by atoms with Crippen LogP contribution in [0.1, 0.15) is 30.6 Å². The topological polar surface area (TPSA) is 33.2 Å². The van der Waals surface area contributed by atoms with Crippen LogP contribution in [0.15, 0.2) is 16.7 Å². The number of carbonyl (C=O) groups is 1. The number of piperidine rings is 1. The predicted molar refractivity (Wildman–Crippen MR) is 72.5 cm³/mol. The minimum absolute atomic E-state index is 0.647. The van der Waals surface area contributed by atoms with Gasteiger partial charge in [-0.05, 0) is 40.3 Å². The molecule has 0 radical (unpaired) electrons. The van der Waals surface area contributed by atoms with Gasteiger partial charge < -0.3 is 4.90 Å². The van der Waals surface area contributed by atoms with Gasteiger partial charge >= 0.3 is 0 Å². The van der Waals surface area contributed by atoms with E-state index in [0.717, 1.165) is 42.0 Å². The van der Waals surface area contributed by atoms with Crippen molar-refractivity contribution in [3.63, 3.8) is 0 Å². The van der Waals surface area contributed by atoms with Crippen LogP contribution in [0, 0.1) is 11.8 Å². The fourth-order valence-electron chi connectivity index (χ4n) is 2.25. The van der Waals surface area contributed by atoms with E-state index < -0.39 is 0 Å². The predicted octanol–water partition coefficient (Wildman–Crippen LogP) is 3.14. The van der Waals surface area contributed by atoms with Gasteiger partial charge in [-0.15, -0.1) is 0 Å². The summed E-state index contributed by atoms with van der Waals surface area (Å²) < 4.78 is 0.849. The molecule has 0 saturated carbocycles. The summed E-state index contributed by atoms with van der Waals surface area (Å²) in [6.45, 7) is 6.52. The molecule has 1 aromatic heterocycles. The van der Waals surface area contributed by atoms with Crippen LogP contribution in [-0.2, 0) is 0 Å². The quantitative estimate of drug-likeness (QED) is 0.786. The largest absolute Gasteiger partial charge is 0.356 e. The number of hydrogen-bond acceptors (Lipinski definition) is 3. The van der Waals surface area contributed by atoms with Crippen molar-refractivity contribution in [2.24, 2.45) is 11.8 Å². The second-order valence-electron chi connectivity index (χ2n) is 4.87. The fourth-order valence-corrected chi connectivity index (χ4v) is 2.60. The first-order valence-corrected chi connectivity index (χ1v) is 6.76. The lowest BCUT2D eigenvalue weighted by Gasteiger charge is -2.36. The Morgan fingerprint density at radius 1 is 1.47 bits per heavy atom. The van der Waals surface area contributed by atoms with Crippen LogP contribution in [0.25, 0.3) is 0 Å². The highest BCUT2D eigenvalue weighted by molar-refractivity contribution is 9.10. The third-order valence-corrected chi connectivity index (χ3v) is 4.06. The summed E-state index contributed by atoms with van der Waals surface area (Å²) in [5.74, 6) is 2.22. The Bertz CT molecular complexity index is 422. The third-order valence-electron chi connectivity index (χ3n) is 3.62. The van der Waals surface area contributed by atoms with Crippen LogP contribution in [-0.4, -0.2) is 24.4 Å². The number of carbonyl (C=O) groups excluding carboxylic acids is 1. The first-order valence-electron chi connectivity index (χ1n) is 5.97. The van der Waals surface area contributed by atoms with Crippen LogP contribution in [0.4, 0.5) is 5.82 Å². The summed E-state index contributed by atoms with van der Waals surface area (Å²) in [7, 11) is 0. The number of rotatable bonds is 2. The zero-order valence-corrected chi connectivity index (χ0v) is 11.8. The molecule has 3 nitrogen and oxygen atoms in total. The molecule has 0 N–H and O–H groups in total. The van der Waals surface area contributed by atoms with E-state index in [2.05, 4.69) is 39.7 Å². The number of hydrogen-bond donors (Lipinski definition) is 0. The van der Waals surface area contributed by atoms with E-state index >= 15 is 0 Å². The minimum atomic E-state index is 0.647. The molecule has 0 aromatic carbocycles. The van der Waals surface area contributed by atoms with Gasteiger partial charge in [0.1, 0.15) is 5.82 Å². The molecule has 1 aliphatic heterocycles. The molecule has 17 heavy (non-hydrogen) atoms. The zero-order chi connectivity index (χ0) is 12.4. The maximum absolute atomic E-state index is 11.1. The van der Waals surface area contributed by atoms with E-state index in [9.17, 15) is 4.79 Å². The van der Waals surface area contributed by atoms with Crippen molar-refractivity contribution >= 4 is 28.0 Å². The van der Waals surface area contributed by atoms with Crippen LogP contribution < -0.4 is 4.90 Å². The molecule has 0 bridgehead atoms. The van der Waals surface area contributed by atoms with E-state index in [1.165, 1.54) is 0 Å². The molecular weight excluding hydrogens is 280 g/mol. The van der Waals surface area contributed by atoms with Gasteiger partial charge in [0.15, 0.2) is 6.29 Å². The lowest BCUT2D eigenvalue weighted by atomic mass is 9.88. The second kappa shape index (κ2) is 5.17. The Morgan fingerprint density at radius 2 is 2.24 bits per heavy atom. The van der Waals surface area contributed by atoms with Crippen LogP contribution in [0.5, 0.6) is 0 Å². The standard InChI is InChI=1S/C13H17BrN2O/c1-9-3-4-16(7-10(9)2)13-11(8-17)5-12(14)6-15-13/h5-6,8-10H,3-4,7H2,1-2H3. The maximum atomic E-state index is 11.1. The van der Waals surface area contributed by atoms with E-state index in [1.807, 2.05) is 6.07 Å². The summed E-state index contributed by atoms with van der Waals surface area (Å²) in [5.41, 5.74) is 0.668. The first kappa shape index (κ1) is 12.6. The van der Waals surface area contributed by atoms with Crippen molar-refractivity contribution in [1.29, 1.82) is 0 Å². The highest BCUT2D eigenvalue weighted by Crippen LogP contribution is 2.28. The summed E-state index contributed by atoms with van der Waals surface area (Å²) in [6.07, 6.45) is 3.80. The second-order valence-corrected chi connectivity index (χ2v) is 5.79. The van der Waals surface area contributed by atoms with Crippen LogP contribution >= 0.6 is 15.9 Å². The van der Waals surface area contributed by atoms with Crippen LogP contribution in [0.3, 0.4) is 0 Å². The number of nitrogens with zero attached hydrogens (tertiary/aromatic N) is 2. The van der Waals surface area contributed by atoms with Gasteiger partial charge in [0, 0.05) is 23.8 Å². The smallest absolute Gasteiger partial charge is 0.153 e. The summed E-state index contributed by atoms with van der Waals surface area (Å²) in [5, 5.41) is 0. The van der Waals surface area contributed by atoms with Crippen molar-refractivity contribution in [1.82, 2.24) is 4.98 Å². The van der Waals surface area contributed by atoms with Gasteiger partial charge in [0.25, 0.3) is 0 Å². The molecule has 0 aliphatic carbocycles. The Morgan fingerprint density at radius 3 is 2.88 bits per heavy atom. The normalized spacial score (nSPS) is 24.8. The Kier molecular flexibility index (Phi) is 3.82. The van der Waals surface area contributed by atoms with E-state index in [-0.39, 0.29) is 0 Å². The van der Waals surface area contributed by atoms with E-state index in [1.54, 1.807) is 6.20 Å². The third kappa shape index (κ3) is 2.68. The lowest BCUT2D eigenvalue weighted by molar-refractivity contribution is 0.112. The minimum Gasteiger partial charge on any atom is -0.356 e. The maximum Gasteiger partial charge on any atom is 0.153 e. The molecule has 0 amide bonds. The van der Waals surface area contributed by atoms with Gasteiger partial charge in [-0.2, -0.15) is 0 Å². The number of aldehydes is 1. The summed E-state index contributed by atoms with van der Waals surface area (Å²) in [6, 6.07) is 1.83. The van der Waals surface area contributed by atoms with Gasteiger partial charge in [-0.25, -0.2) is 4.98 Å². The Balaban J connectivity index is 2.25. The molecular formula is C13H17BrN2O. The van der Waals surface area contributed by atoms with Gasteiger partial charge in [-0.1, -0.05) is 13.8 Å². The monoisotopic (exact) mass is 296 g/mol. The Labute approximate surface area is 110 Å². The number of pyridine rings is 1. The average molecular weight is 297 g/mol. The first-order chi connectivity index (χ1) is 8.11. The molecule has 1 fully saturated rings.